The maximum Gasteiger partial charge on any atom is 0.223 e. The number of nitrogens with one attached hydrogen (secondary N) is 1. The molecule has 1 atom stereocenters. The molecule has 1 aliphatic heterocycles. The molecular formula is C17H21N3O. The van der Waals surface area contributed by atoms with Crippen molar-refractivity contribution in [1.82, 2.24) is 15.1 Å². The first-order valence-electron chi connectivity index (χ1n) is 7.42. The molecule has 4 nitrogen and oxygen atoms in total. The van der Waals surface area contributed by atoms with Crippen molar-refractivity contribution in [2.24, 2.45) is 0 Å². The van der Waals surface area contributed by atoms with E-state index in [0.29, 0.717) is 6.42 Å². The van der Waals surface area contributed by atoms with Crippen molar-refractivity contribution in [3.8, 4) is 0 Å². The van der Waals surface area contributed by atoms with Crippen molar-refractivity contribution in [3.05, 3.63) is 52.3 Å². The molecule has 0 bridgehead atoms. The highest BCUT2D eigenvalue weighted by Crippen LogP contribution is 2.28. The molecule has 2 aromatic rings. The van der Waals surface area contributed by atoms with E-state index >= 15 is 0 Å². The van der Waals surface area contributed by atoms with Crippen LogP contribution in [-0.2, 0) is 17.9 Å². The van der Waals surface area contributed by atoms with Crippen LogP contribution in [0.3, 0.4) is 0 Å². The van der Waals surface area contributed by atoms with E-state index in [-0.39, 0.29) is 11.8 Å². The summed E-state index contributed by atoms with van der Waals surface area (Å²) in [6.45, 7) is 7.59. The Bertz CT molecular complexity index is 630. The average Bonchev–Trinajstić information content (AvgIpc) is 3.02. The number of aromatic nitrogens is 2. The van der Waals surface area contributed by atoms with Crippen LogP contribution in [-0.4, -0.2) is 21.0 Å². The Morgan fingerprint density at radius 3 is 2.43 bits per heavy atom. The summed E-state index contributed by atoms with van der Waals surface area (Å²) in [7, 11) is 0. The smallest absolute Gasteiger partial charge is 0.223 e. The molecule has 0 radical (unpaired) electrons. The van der Waals surface area contributed by atoms with Crippen molar-refractivity contribution < 1.29 is 4.79 Å². The van der Waals surface area contributed by atoms with Gasteiger partial charge in [0.1, 0.15) is 0 Å². The van der Waals surface area contributed by atoms with Crippen molar-refractivity contribution in [2.75, 3.05) is 0 Å². The number of rotatable bonds is 3. The number of amides is 1. The standard InChI is InChI=1S/C17H21N3O/c1-11(17-12(2)18-19-13(17)3)8-16(21)20-9-14-6-4-5-7-15(14)10-20/h4-7,11H,8-10H2,1-3H3,(H,18,19). The van der Waals surface area contributed by atoms with Gasteiger partial charge in [-0.3, -0.25) is 9.89 Å². The summed E-state index contributed by atoms with van der Waals surface area (Å²) < 4.78 is 0. The fourth-order valence-corrected chi connectivity index (χ4v) is 3.29. The number of hydrogen-bond acceptors (Lipinski definition) is 2. The summed E-state index contributed by atoms with van der Waals surface area (Å²) >= 11 is 0. The molecule has 4 heteroatoms. The maximum absolute atomic E-state index is 12.5. The molecular weight excluding hydrogens is 262 g/mol. The highest BCUT2D eigenvalue weighted by Gasteiger charge is 2.25. The van der Waals surface area contributed by atoms with Gasteiger partial charge in [-0.25, -0.2) is 0 Å². The quantitative estimate of drug-likeness (QED) is 0.941. The van der Waals surface area contributed by atoms with Crippen LogP contribution in [0.1, 0.15) is 47.3 Å². The van der Waals surface area contributed by atoms with E-state index in [1.165, 1.54) is 16.7 Å². The lowest BCUT2D eigenvalue weighted by Crippen LogP contribution is -2.26. The second-order valence-electron chi connectivity index (χ2n) is 5.97. The minimum absolute atomic E-state index is 0.194. The maximum atomic E-state index is 12.5. The Hall–Kier alpha value is -2.10. The topological polar surface area (TPSA) is 49.0 Å². The Morgan fingerprint density at radius 1 is 1.29 bits per heavy atom. The first-order valence-corrected chi connectivity index (χ1v) is 7.42. The molecule has 2 heterocycles. The lowest BCUT2D eigenvalue weighted by Gasteiger charge is -2.19. The van der Waals surface area contributed by atoms with Crippen LogP contribution >= 0.6 is 0 Å². The molecule has 21 heavy (non-hydrogen) atoms. The third-order valence-electron chi connectivity index (χ3n) is 4.35. The largest absolute Gasteiger partial charge is 0.334 e. The second kappa shape index (κ2) is 5.35. The van der Waals surface area contributed by atoms with Crippen molar-refractivity contribution >= 4 is 5.91 Å². The summed E-state index contributed by atoms with van der Waals surface area (Å²) in [6.07, 6.45) is 0.537. The number of nitrogens with zero attached hydrogens (tertiary/aromatic N) is 2. The van der Waals surface area contributed by atoms with E-state index in [0.717, 1.165) is 24.5 Å². The molecule has 1 N–H and O–H groups in total. The summed E-state index contributed by atoms with van der Waals surface area (Å²) in [4.78, 5) is 14.5. The fraction of sp³-hybridized carbons (Fsp3) is 0.412. The third kappa shape index (κ3) is 2.58. The molecule has 0 spiro atoms. The van der Waals surface area contributed by atoms with Gasteiger partial charge in [-0.15, -0.1) is 0 Å². The zero-order valence-electron chi connectivity index (χ0n) is 12.8. The van der Waals surface area contributed by atoms with Crippen molar-refractivity contribution in [3.63, 3.8) is 0 Å². The molecule has 0 saturated heterocycles. The van der Waals surface area contributed by atoms with Gasteiger partial charge in [0.25, 0.3) is 0 Å². The Kier molecular flexibility index (Phi) is 3.53. The average molecular weight is 283 g/mol. The molecule has 1 aromatic heterocycles. The summed E-state index contributed by atoms with van der Waals surface area (Å²) in [5.74, 6) is 0.415. The number of H-pyrrole nitrogens is 1. The van der Waals surface area contributed by atoms with Gasteiger partial charge >= 0.3 is 0 Å². The number of aromatic amines is 1. The van der Waals surface area contributed by atoms with Crippen LogP contribution in [0.5, 0.6) is 0 Å². The van der Waals surface area contributed by atoms with Gasteiger partial charge < -0.3 is 4.90 Å². The van der Waals surface area contributed by atoms with Gasteiger partial charge in [0.15, 0.2) is 0 Å². The van der Waals surface area contributed by atoms with Gasteiger partial charge in [-0.2, -0.15) is 5.10 Å². The normalized spacial score (nSPS) is 15.1. The Morgan fingerprint density at radius 2 is 1.90 bits per heavy atom. The van der Waals surface area contributed by atoms with Crippen LogP contribution in [0.15, 0.2) is 24.3 Å². The number of carbonyl (C=O) groups excluding carboxylic acids is 1. The Balaban J connectivity index is 1.68. The number of aryl methyl sites for hydroxylation is 2. The van der Waals surface area contributed by atoms with E-state index in [4.69, 9.17) is 0 Å². The minimum Gasteiger partial charge on any atom is -0.334 e. The van der Waals surface area contributed by atoms with E-state index in [2.05, 4.69) is 29.3 Å². The molecule has 1 aromatic carbocycles. The third-order valence-corrected chi connectivity index (χ3v) is 4.35. The Labute approximate surface area is 125 Å². The highest BCUT2D eigenvalue weighted by atomic mass is 16.2. The molecule has 1 unspecified atom stereocenters. The summed E-state index contributed by atoms with van der Waals surface area (Å²) in [5.41, 5.74) is 5.79. The van der Waals surface area contributed by atoms with Gasteiger partial charge in [-0.1, -0.05) is 31.2 Å². The molecule has 1 aliphatic rings. The van der Waals surface area contributed by atoms with Crippen LogP contribution in [0.4, 0.5) is 0 Å². The van der Waals surface area contributed by atoms with E-state index in [9.17, 15) is 4.79 Å². The highest BCUT2D eigenvalue weighted by molar-refractivity contribution is 5.78. The second-order valence-corrected chi connectivity index (χ2v) is 5.97. The fourth-order valence-electron chi connectivity index (χ4n) is 3.29. The van der Waals surface area contributed by atoms with Crippen LogP contribution < -0.4 is 0 Å². The number of hydrogen-bond donors (Lipinski definition) is 1. The predicted molar refractivity (Wildman–Crippen MR) is 81.8 cm³/mol. The van der Waals surface area contributed by atoms with Gasteiger partial charge in [0, 0.05) is 25.2 Å². The SMILES string of the molecule is Cc1n[nH]c(C)c1C(C)CC(=O)N1Cc2ccccc2C1. The lowest BCUT2D eigenvalue weighted by molar-refractivity contribution is -0.132. The van der Waals surface area contributed by atoms with Crippen LogP contribution in [0.25, 0.3) is 0 Å². The zero-order valence-corrected chi connectivity index (χ0v) is 12.8. The molecule has 1 amide bonds. The minimum atomic E-state index is 0.194. The van der Waals surface area contributed by atoms with Gasteiger partial charge in [0.2, 0.25) is 5.91 Å². The molecule has 0 fully saturated rings. The van der Waals surface area contributed by atoms with E-state index in [1.54, 1.807) is 0 Å². The lowest BCUT2D eigenvalue weighted by atomic mass is 9.95. The van der Waals surface area contributed by atoms with Crippen molar-refractivity contribution in [1.29, 1.82) is 0 Å². The number of fused-ring (bicyclic) bond motifs is 1. The number of benzene rings is 1. The van der Waals surface area contributed by atoms with Gasteiger partial charge in [0.05, 0.1) is 5.69 Å². The van der Waals surface area contributed by atoms with E-state index < -0.39 is 0 Å². The van der Waals surface area contributed by atoms with Crippen molar-refractivity contribution in [2.45, 2.75) is 46.2 Å². The van der Waals surface area contributed by atoms with E-state index in [1.807, 2.05) is 30.9 Å². The monoisotopic (exact) mass is 283 g/mol. The first-order chi connectivity index (χ1) is 10.1. The van der Waals surface area contributed by atoms with Gasteiger partial charge in [-0.05, 0) is 36.5 Å². The molecule has 110 valence electrons. The summed E-state index contributed by atoms with van der Waals surface area (Å²) in [5, 5.41) is 7.22. The zero-order chi connectivity index (χ0) is 15.0. The predicted octanol–water partition coefficient (Wildman–Crippen LogP) is 3.06. The van der Waals surface area contributed by atoms with Crippen LogP contribution in [0.2, 0.25) is 0 Å². The number of carbonyl (C=O) groups is 1. The molecule has 0 saturated carbocycles. The first kappa shape index (κ1) is 13.9. The van der Waals surface area contributed by atoms with Crippen LogP contribution in [0, 0.1) is 13.8 Å². The summed E-state index contributed by atoms with van der Waals surface area (Å²) in [6, 6.07) is 8.29. The molecule has 0 aliphatic carbocycles. The molecule has 3 rings (SSSR count).